The number of nitrogens with zero attached hydrogens (tertiary/aromatic N) is 1. The van der Waals surface area contributed by atoms with Gasteiger partial charge in [-0.15, -0.1) is 0 Å². The Labute approximate surface area is 144 Å². The van der Waals surface area contributed by atoms with Crippen LogP contribution in [-0.2, 0) is 11.3 Å². The van der Waals surface area contributed by atoms with Crippen molar-refractivity contribution >= 4 is 28.5 Å². The number of ether oxygens (including phenoxy) is 2. The van der Waals surface area contributed by atoms with E-state index in [2.05, 4.69) is 22.6 Å². The van der Waals surface area contributed by atoms with Crippen LogP contribution in [0.2, 0.25) is 0 Å². The predicted molar refractivity (Wildman–Crippen MR) is 94.1 cm³/mol. The molecule has 0 aliphatic carbocycles. The zero-order chi connectivity index (χ0) is 15.9. The second kappa shape index (κ2) is 8.03. The van der Waals surface area contributed by atoms with Crippen LogP contribution in [0.25, 0.3) is 0 Å². The highest BCUT2D eigenvalue weighted by atomic mass is 127. The number of methoxy groups -OCH3 is 1. The van der Waals surface area contributed by atoms with Crippen LogP contribution in [0.1, 0.15) is 5.56 Å². The largest absolute Gasteiger partial charge is 0.497 e. The standard InChI is InChI=1S/C17H18INO3/c1-19(11-13-5-3-7-15(9-13)21-2)17(20)12-22-16-8-4-6-14(18)10-16/h3-10H,11-12H2,1-2H3. The SMILES string of the molecule is COc1cccc(CN(C)C(=O)COc2cccc(I)c2)c1. The highest BCUT2D eigenvalue weighted by Crippen LogP contribution is 2.16. The van der Waals surface area contributed by atoms with E-state index >= 15 is 0 Å². The third-order valence-corrected chi connectivity index (χ3v) is 3.81. The Hall–Kier alpha value is -1.76. The maximum absolute atomic E-state index is 12.1. The predicted octanol–water partition coefficient (Wildman–Crippen LogP) is 3.34. The van der Waals surface area contributed by atoms with E-state index in [-0.39, 0.29) is 12.5 Å². The van der Waals surface area contributed by atoms with E-state index in [1.807, 2.05) is 48.5 Å². The van der Waals surface area contributed by atoms with Crippen molar-refractivity contribution in [2.45, 2.75) is 6.54 Å². The minimum absolute atomic E-state index is 0.0283. The molecule has 0 heterocycles. The summed E-state index contributed by atoms with van der Waals surface area (Å²) in [6.45, 7) is 0.548. The van der Waals surface area contributed by atoms with Crippen molar-refractivity contribution in [1.82, 2.24) is 4.90 Å². The van der Waals surface area contributed by atoms with E-state index in [0.717, 1.165) is 14.9 Å². The van der Waals surface area contributed by atoms with Crippen molar-refractivity contribution in [3.63, 3.8) is 0 Å². The van der Waals surface area contributed by atoms with E-state index in [9.17, 15) is 4.79 Å². The molecule has 22 heavy (non-hydrogen) atoms. The van der Waals surface area contributed by atoms with Crippen molar-refractivity contribution in [1.29, 1.82) is 0 Å². The smallest absolute Gasteiger partial charge is 0.260 e. The first-order chi connectivity index (χ1) is 10.6. The Kier molecular flexibility index (Phi) is 6.06. The summed E-state index contributed by atoms with van der Waals surface area (Å²) in [6.07, 6.45) is 0. The molecule has 0 N–H and O–H groups in total. The maximum Gasteiger partial charge on any atom is 0.260 e. The molecule has 2 aromatic carbocycles. The van der Waals surface area contributed by atoms with Crippen LogP contribution in [0, 0.1) is 3.57 Å². The maximum atomic E-state index is 12.1. The van der Waals surface area contributed by atoms with Crippen LogP contribution in [0.15, 0.2) is 48.5 Å². The number of likely N-dealkylation sites (N-methyl/N-ethyl adjacent to an activating group) is 1. The van der Waals surface area contributed by atoms with E-state index in [1.54, 1.807) is 19.1 Å². The molecule has 0 saturated heterocycles. The third-order valence-electron chi connectivity index (χ3n) is 3.14. The fourth-order valence-corrected chi connectivity index (χ4v) is 2.46. The third kappa shape index (κ3) is 4.91. The number of hydrogen-bond acceptors (Lipinski definition) is 3. The zero-order valence-electron chi connectivity index (χ0n) is 12.6. The Bertz CT molecular complexity index is 645. The summed E-state index contributed by atoms with van der Waals surface area (Å²) < 4.78 is 11.8. The van der Waals surface area contributed by atoms with Gasteiger partial charge in [0.15, 0.2) is 6.61 Å². The molecule has 0 spiro atoms. The van der Waals surface area contributed by atoms with Gasteiger partial charge in [0.05, 0.1) is 7.11 Å². The van der Waals surface area contributed by atoms with Crippen LogP contribution in [0.3, 0.4) is 0 Å². The van der Waals surface area contributed by atoms with Gasteiger partial charge in [-0.2, -0.15) is 0 Å². The van der Waals surface area contributed by atoms with Gasteiger partial charge in [-0.25, -0.2) is 0 Å². The molecule has 5 heteroatoms. The van der Waals surface area contributed by atoms with Crippen LogP contribution in [-0.4, -0.2) is 31.6 Å². The van der Waals surface area contributed by atoms with E-state index in [4.69, 9.17) is 9.47 Å². The number of halogens is 1. The first-order valence-electron chi connectivity index (χ1n) is 6.84. The minimum Gasteiger partial charge on any atom is -0.497 e. The second-order valence-corrected chi connectivity index (χ2v) is 6.09. The molecular weight excluding hydrogens is 393 g/mol. The zero-order valence-corrected chi connectivity index (χ0v) is 14.7. The number of hydrogen-bond donors (Lipinski definition) is 0. The van der Waals surface area contributed by atoms with Crippen molar-refractivity contribution in [3.05, 3.63) is 57.7 Å². The number of amides is 1. The fourth-order valence-electron chi connectivity index (χ4n) is 1.94. The molecule has 0 saturated carbocycles. The van der Waals surface area contributed by atoms with Gasteiger partial charge in [-0.1, -0.05) is 18.2 Å². The summed E-state index contributed by atoms with van der Waals surface area (Å²) in [5.74, 6) is 1.42. The second-order valence-electron chi connectivity index (χ2n) is 4.85. The molecule has 0 atom stereocenters. The molecule has 1 amide bonds. The Morgan fingerprint density at radius 2 is 1.86 bits per heavy atom. The highest BCUT2D eigenvalue weighted by molar-refractivity contribution is 14.1. The molecule has 2 aromatic rings. The summed E-state index contributed by atoms with van der Waals surface area (Å²) in [6, 6.07) is 15.3. The van der Waals surface area contributed by atoms with E-state index in [0.29, 0.717) is 12.3 Å². The summed E-state index contributed by atoms with van der Waals surface area (Å²) in [4.78, 5) is 13.8. The minimum atomic E-state index is -0.0679. The Balaban J connectivity index is 1.89. The molecule has 0 aliphatic rings. The average Bonchev–Trinajstić information content (AvgIpc) is 2.52. The lowest BCUT2D eigenvalue weighted by Crippen LogP contribution is -2.30. The first kappa shape index (κ1) is 16.6. The number of benzene rings is 2. The van der Waals surface area contributed by atoms with Crippen molar-refractivity contribution in [2.75, 3.05) is 20.8 Å². The van der Waals surface area contributed by atoms with Crippen LogP contribution in [0.4, 0.5) is 0 Å². The molecule has 0 aromatic heterocycles. The summed E-state index contributed by atoms with van der Waals surface area (Å²) in [5.41, 5.74) is 1.02. The molecule has 0 bridgehead atoms. The molecule has 2 rings (SSSR count). The van der Waals surface area contributed by atoms with Gasteiger partial charge in [-0.05, 0) is 58.5 Å². The van der Waals surface area contributed by atoms with Gasteiger partial charge in [0, 0.05) is 17.2 Å². The molecule has 0 radical (unpaired) electrons. The normalized spacial score (nSPS) is 10.1. The Morgan fingerprint density at radius 3 is 2.59 bits per heavy atom. The highest BCUT2D eigenvalue weighted by Gasteiger charge is 2.10. The van der Waals surface area contributed by atoms with Crippen LogP contribution >= 0.6 is 22.6 Å². The van der Waals surface area contributed by atoms with Crippen molar-refractivity contribution in [3.8, 4) is 11.5 Å². The lowest BCUT2D eigenvalue weighted by molar-refractivity contribution is -0.132. The molecule has 0 fully saturated rings. The molecule has 0 aliphatic heterocycles. The Morgan fingerprint density at radius 1 is 1.14 bits per heavy atom. The lowest BCUT2D eigenvalue weighted by Gasteiger charge is -2.18. The molecule has 4 nitrogen and oxygen atoms in total. The summed E-state index contributed by atoms with van der Waals surface area (Å²) in [7, 11) is 3.39. The van der Waals surface area contributed by atoms with E-state index in [1.165, 1.54) is 0 Å². The lowest BCUT2D eigenvalue weighted by atomic mass is 10.2. The van der Waals surface area contributed by atoms with Gasteiger partial charge in [0.1, 0.15) is 11.5 Å². The van der Waals surface area contributed by atoms with Gasteiger partial charge >= 0.3 is 0 Å². The number of rotatable bonds is 6. The monoisotopic (exact) mass is 411 g/mol. The quantitative estimate of drug-likeness (QED) is 0.685. The first-order valence-corrected chi connectivity index (χ1v) is 7.91. The summed E-state index contributed by atoms with van der Waals surface area (Å²) in [5, 5.41) is 0. The summed E-state index contributed by atoms with van der Waals surface area (Å²) >= 11 is 2.21. The van der Waals surface area contributed by atoms with Crippen LogP contribution < -0.4 is 9.47 Å². The molecular formula is C17H18INO3. The molecule has 0 unspecified atom stereocenters. The number of carbonyl (C=O) groups excluding carboxylic acids is 1. The van der Waals surface area contributed by atoms with Gasteiger partial charge in [0.25, 0.3) is 5.91 Å². The van der Waals surface area contributed by atoms with Crippen LogP contribution in [0.5, 0.6) is 11.5 Å². The van der Waals surface area contributed by atoms with Gasteiger partial charge < -0.3 is 14.4 Å². The fraction of sp³-hybridized carbons (Fsp3) is 0.235. The van der Waals surface area contributed by atoms with Crippen molar-refractivity contribution < 1.29 is 14.3 Å². The van der Waals surface area contributed by atoms with Crippen molar-refractivity contribution in [2.24, 2.45) is 0 Å². The number of carbonyl (C=O) groups is 1. The topological polar surface area (TPSA) is 38.8 Å². The van der Waals surface area contributed by atoms with Gasteiger partial charge in [-0.3, -0.25) is 4.79 Å². The molecule has 116 valence electrons. The average molecular weight is 411 g/mol. The van der Waals surface area contributed by atoms with E-state index < -0.39 is 0 Å². The van der Waals surface area contributed by atoms with Gasteiger partial charge in [0.2, 0.25) is 0 Å².